The number of hydrogen-bond acceptors (Lipinski definition) is 3. The molecule has 0 saturated heterocycles. The molecule has 0 aromatic heterocycles. The van der Waals surface area contributed by atoms with Gasteiger partial charge in [0.1, 0.15) is 15.7 Å². The summed E-state index contributed by atoms with van der Waals surface area (Å²) in [5.41, 5.74) is 6.02. The Balaban J connectivity index is 0.0000000989. The fraction of sp³-hybridized carbons (Fsp3) is 0.600. The third-order valence-electron chi connectivity index (χ3n) is 7.03. The van der Waals surface area contributed by atoms with Crippen LogP contribution in [0.1, 0.15) is 5.56 Å². The molecule has 1 aromatic rings. The molecule has 0 radical (unpaired) electrons. The lowest BCUT2D eigenvalue weighted by molar-refractivity contribution is -0.735. The molecule has 112 valence electrons. The van der Waals surface area contributed by atoms with Gasteiger partial charge in [0.25, 0.3) is 0 Å². The molecule has 0 aliphatic heterocycles. The van der Waals surface area contributed by atoms with Crippen LogP contribution in [0.25, 0.3) is 0 Å². The van der Waals surface area contributed by atoms with Crippen molar-refractivity contribution in [2.24, 2.45) is 35.5 Å². The highest BCUT2D eigenvalue weighted by Gasteiger charge is 3.11. The van der Waals surface area contributed by atoms with Crippen molar-refractivity contribution in [1.29, 1.82) is 0 Å². The number of hydrogen-bond donors (Lipinski definition) is 1. The van der Waals surface area contributed by atoms with Crippen LogP contribution in [0.3, 0.4) is 0 Å². The zero-order valence-electron chi connectivity index (χ0n) is 11.5. The maximum atomic E-state index is 10.4. The number of aryl methyl sites for hydroxylation is 1. The summed E-state index contributed by atoms with van der Waals surface area (Å²) < 4.78 is 32.0. The van der Waals surface area contributed by atoms with Crippen LogP contribution in [0.15, 0.2) is 29.2 Å². The largest absolute Gasteiger partial charge is 0.744 e. The van der Waals surface area contributed by atoms with Crippen LogP contribution in [-0.2, 0) is 10.1 Å². The summed E-state index contributed by atoms with van der Waals surface area (Å²) in [4.78, 5) is -0.178. The van der Waals surface area contributed by atoms with E-state index in [1.165, 1.54) is 29.9 Å². The molecule has 7 rings (SSSR count). The van der Waals surface area contributed by atoms with Gasteiger partial charge >= 0.3 is 0 Å². The van der Waals surface area contributed by atoms with Gasteiger partial charge in [0.2, 0.25) is 0 Å². The first kappa shape index (κ1) is 13.3. The molecule has 4 nitrogen and oxygen atoms in total. The molecule has 0 spiro atoms. The van der Waals surface area contributed by atoms with Gasteiger partial charge in [-0.3, -0.25) is 0 Å². The van der Waals surface area contributed by atoms with Crippen LogP contribution in [0, 0.1) is 42.4 Å². The Labute approximate surface area is 137 Å². The fourth-order valence-corrected chi connectivity index (χ4v) is 9.12. The molecule has 0 bridgehead atoms. The van der Waals surface area contributed by atoms with E-state index in [0.717, 1.165) is 26.7 Å². The van der Waals surface area contributed by atoms with E-state index in [9.17, 15) is 13.0 Å². The summed E-state index contributed by atoms with van der Waals surface area (Å²) in [6.07, 6.45) is 0. The van der Waals surface area contributed by atoms with E-state index in [0.29, 0.717) is 5.54 Å². The molecule has 0 amide bonds. The summed E-state index contributed by atoms with van der Waals surface area (Å²) in [7, 11) is -4.27. The first-order valence-electron chi connectivity index (χ1n) is 7.30. The molecule has 6 fully saturated rings. The molecule has 6 saturated carbocycles. The second kappa shape index (κ2) is 3.34. The second-order valence-corrected chi connectivity index (χ2v) is 10.6. The molecule has 1 aromatic carbocycles. The molecular formula is C15H16INO3S. The maximum Gasteiger partial charge on any atom is 0.124 e. The van der Waals surface area contributed by atoms with E-state index in [1.54, 1.807) is 12.1 Å². The van der Waals surface area contributed by atoms with Crippen molar-refractivity contribution in [3.05, 3.63) is 29.8 Å². The van der Waals surface area contributed by atoms with Crippen molar-refractivity contribution in [2.45, 2.75) is 20.8 Å². The summed E-state index contributed by atoms with van der Waals surface area (Å²) in [5.74, 6) is 6.90. The highest BCUT2D eigenvalue weighted by molar-refractivity contribution is 14.1. The minimum absolute atomic E-state index is 0.178. The Bertz CT molecular complexity index is 689. The Morgan fingerprint density at radius 3 is 1.81 bits per heavy atom. The SMILES string of the molecule is Cc1ccc(S(=O)(=O)[O-])cc1.[NH3+]C12C3C4C1C1C2C3C41I. The fourth-order valence-electron chi connectivity index (χ4n) is 6.32. The van der Waals surface area contributed by atoms with Gasteiger partial charge < -0.3 is 10.3 Å². The Hall–Kier alpha value is -0.180. The van der Waals surface area contributed by atoms with Gasteiger partial charge in [0, 0.05) is 21.2 Å². The summed E-state index contributed by atoms with van der Waals surface area (Å²) in [6, 6.07) is 5.78. The minimum atomic E-state index is -4.27. The van der Waals surface area contributed by atoms with Crippen LogP contribution >= 0.6 is 22.6 Å². The Morgan fingerprint density at radius 1 is 1.05 bits per heavy atom. The number of halogens is 1. The summed E-state index contributed by atoms with van der Waals surface area (Å²) in [6.45, 7) is 1.82. The summed E-state index contributed by atoms with van der Waals surface area (Å²) >= 11 is 2.76. The topological polar surface area (TPSA) is 84.8 Å². The minimum Gasteiger partial charge on any atom is -0.744 e. The first-order chi connectivity index (χ1) is 9.73. The van der Waals surface area contributed by atoms with Crippen LogP contribution in [0.2, 0.25) is 0 Å². The predicted molar refractivity (Wildman–Crippen MR) is 82.5 cm³/mol. The molecule has 3 N–H and O–H groups in total. The van der Waals surface area contributed by atoms with Gasteiger partial charge in [0.15, 0.2) is 0 Å². The van der Waals surface area contributed by atoms with Crippen molar-refractivity contribution < 1.29 is 18.7 Å². The normalized spacial score (nSPS) is 55.4. The smallest absolute Gasteiger partial charge is 0.124 e. The second-order valence-electron chi connectivity index (χ2n) is 7.36. The van der Waals surface area contributed by atoms with Crippen LogP contribution in [-0.4, -0.2) is 21.9 Å². The highest BCUT2D eigenvalue weighted by atomic mass is 127. The van der Waals surface area contributed by atoms with Crippen molar-refractivity contribution in [3.63, 3.8) is 0 Å². The van der Waals surface area contributed by atoms with Gasteiger partial charge in [-0.1, -0.05) is 40.3 Å². The van der Waals surface area contributed by atoms with Gasteiger partial charge in [-0.15, -0.1) is 0 Å². The van der Waals surface area contributed by atoms with E-state index in [1.807, 2.05) is 6.92 Å². The molecule has 21 heavy (non-hydrogen) atoms. The zero-order chi connectivity index (χ0) is 14.9. The average Bonchev–Trinajstić information content (AvgIpc) is 2.44. The standard InChI is InChI=1S/C8H8IN.C7H8O3S/c9-7-1-4-2(7)6-3(7)5(1)8(4,6)10;1-6-2-4-7(5-3-6)11(8,9)10/h1-6H,10H2;2-5H,1H3,(H,8,9,10). The molecule has 0 atom stereocenters. The number of rotatable bonds is 1. The highest BCUT2D eigenvalue weighted by Crippen LogP contribution is 3.04. The molecular weight excluding hydrogens is 401 g/mol. The summed E-state index contributed by atoms with van der Waals surface area (Å²) in [5, 5.41) is 0. The predicted octanol–water partition coefficient (Wildman–Crippen LogP) is 0.805. The lowest BCUT2D eigenvalue weighted by atomic mass is 8.99. The lowest BCUT2D eigenvalue weighted by Gasteiger charge is -3.07. The van der Waals surface area contributed by atoms with Crippen molar-refractivity contribution in [1.82, 2.24) is 0 Å². The van der Waals surface area contributed by atoms with Crippen molar-refractivity contribution >= 4 is 32.7 Å². The zero-order valence-corrected chi connectivity index (χ0v) is 14.5. The number of benzene rings is 1. The lowest BCUT2D eigenvalue weighted by Crippen LogP contribution is -3.22. The third-order valence-corrected chi connectivity index (χ3v) is 10.0. The molecule has 6 heteroatoms. The van der Waals surface area contributed by atoms with Crippen molar-refractivity contribution in [2.75, 3.05) is 0 Å². The number of quaternary nitrogens is 1. The molecule has 0 unspecified atom stereocenters. The Kier molecular flexibility index (Phi) is 2.11. The van der Waals surface area contributed by atoms with Crippen LogP contribution in [0.4, 0.5) is 0 Å². The Morgan fingerprint density at radius 2 is 1.48 bits per heavy atom. The molecule has 6 aliphatic carbocycles. The van der Waals surface area contributed by atoms with Gasteiger partial charge in [-0.25, -0.2) is 8.42 Å². The van der Waals surface area contributed by atoms with Crippen LogP contribution in [0.5, 0.6) is 0 Å². The van der Waals surface area contributed by atoms with E-state index >= 15 is 0 Å². The van der Waals surface area contributed by atoms with E-state index in [4.69, 9.17) is 0 Å². The van der Waals surface area contributed by atoms with Gasteiger partial charge in [-0.2, -0.15) is 0 Å². The van der Waals surface area contributed by atoms with Crippen LogP contribution < -0.4 is 5.73 Å². The van der Waals surface area contributed by atoms with Gasteiger partial charge in [0.05, 0.1) is 4.90 Å². The molecule has 6 aliphatic rings. The average molecular weight is 417 g/mol. The van der Waals surface area contributed by atoms with E-state index in [-0.39, 0.29) is 4.90 Å². The van der Waals surface area contributed by atoms with Gasteiger partial charge in [-0.05, 0) is 36.8 Å². The van der Waals surface area contributed by atoms with E-state index in [2.05, 4.69) is 28.3 Å². The third kappa shape index (κ3) is 1.09. The quantitative estimate of drug-likeness (QED) is 0.417. The first-order valence-corrected chi connectivity index (χ1v) is 9.79. The van der Waals surface area contributed by atoms with E-state index < -0.39 is 10.1 Å². The number of alkyl halides is 1. The molecule has 0 heterocycles. The monoisotopic (exact) mass is 417 g/mol. The van der Waals surface area contributed by atoms with Crippen molar-refractivity contribution in [3.8, 4) is 0 Å². The maximum absolute atomic E-state index is 10.4.